The van der Waals surface area contributed by atoms with Gasteiger partial charge in [-0.15, -0.1) is 0 Å². The third kappa shape index (κ3) is 2.27. The van der Waals surface area contributed by atoms with Gasteiger partial charge in [-0.2, -0.15) is 0 Å². The number of aliphatic hydroxyl groups excluding tert-OH is 1. The van der Waals surface area contributed by atoms with Gasteiger partial charge in [-0.3, -0.25) is 0 Å². The smallest absolute Gasteiger partial charge is 0.163 e. The van der Waals surface area contributed by atoms with Crippen LogP contribution in [-0.2, 0) is 9.47 Å². The molecule has 94 valence electrons. The van der Waals surface area contributed by atoms with Gasteiger partial charge < -0.3 is 14.6 Å². The molecule has 0 amide bonds. The molecule has 1 heterocycles. The summed E-state index contributed by atoms with van der Waals surface area (Å²) in [6.45, 7) is 10.5. The van der Waals surface area contributed by atoms with Gasteiger partial charge in [-0.25, -0.2) is 0 Å². The van der Waals surface area contributed by atoms with Gasteiger partial charge in [0.2, 0.25) is 0 Å². The van der Waals surface area contributed by atoms with Crippen LogP contribution in [0, 0.1) is 11.3 Å². The minimum atomic E-state index is -0.539. The van der Waals surface area contributed by atoms with Gasteiger partial charge in [0.25, 0.3) is 0 Å². The Morgan fingerprint density at radius 3 is 2.31 bits per heavy atom. The van der Waals surface area contributed by atoms with Gasteiger partial charge >= 0.3 is 0 Å². The fourth-order valence-corrected chi connectivity index (χ4v) is 2.88. The minimum absolute atomic E-state index is 0.0583. The van der Waals surface area contributed by atoms with Crippen molar-refractivity contribution in [3.8, 4) is 0 Å². The number of rotatable bonds is 0. The zero-order valence-corrected chi connectivity index (χ0v) is 11.0. The number of hydrogen-bond acceptors (Lipinski definition) is 3. The lowest BCUT2D eigenvalue weighted by Gasteiger charge is -2.40. The fourth-order valence-electron chi connectivity index (χ4n) is 2.88. The lowest BCUT2D eigenvalue weighted by atomic mass is 9.70. The quantitative estimate of drug-likeness (QED) is 0.691. The molecule has 0 aromatic heterocycles. The first-order valence-electron chi connectivity index (χ1n) is 6.23. The Hall–Kier alpha value is -0.120. The van der Waals surface area contributed by atoms with Gasteiger partial charge in [-0.05, 0) is 38.0 Å². The summed E-state index contributed by atoms with van der Waals surface area (Å²) < 4.78 is 11.6. The van der Waals surface area contributed by atoms with Gasteiger partial charge in [0.15, 0.2) is 5.79 Å². The van der Waals surface area contributed by atoms with Gasteiger partial charge in [0.05, 0.1) is 12.2 Å². The van der Waals surface area contributed by atoms with E-state index in [4.69, 9.17) is 9.47 Å². The SMILES string of the molecule is CC1(C)O[C@H]2[C@@H](O)C[C@@H](C(C)(C)C)C[C@H]2O1. The molecule has 2 fully saturated rings. The Balaban J connectivity index is 2.11. The number of aliphatic hydroxyl groups is 1. The molecule has 0 radical (unpaired) electrons. The molecule has 2 aliphatic rings. The molecule has 1 saturated heterocycles. The maximum absolute atomic E-state index is 10.1. The highest BCUT2D eigenvalue weighted by molar-refractivity contribution is 4.96. The van der Waals surface area contributed by atoms with E-state index in [-0.39, 0.29) is 23.7 Å². The maximum atomic E-state index is 10.1. The van der Waals surface area contributed by atoms with Crippen LogP contribution in [0.4, 0.5) is 0 Å². The second kappa shape index (κ2) is 3.69. The summed E-state index contributed by atoms with van der Waals surface area (Å²) in [6, 6.07) is 0. The third-order valence-electron chi connectivity index (χ3n) is 3.87. The van der Waals surface area contributed by atoms with Crippen molar-refractivity contribution in [2.75, 3.05) is 0 Å². The topological polar surface area (TPSA) is 38.7 Å². The summed E-state index contributed by atoms with van der Waals surface area (Å²) in [5, 5.41) is 10.1. The van der Waals surface area contributed by atoms with E-state index in [9.17, 15) is 5.11 Å². The van der Waals surface area contributed by atoms with Crippen molar-refractivity contribution in [1.82, 2.24) is 0 Å². The largest absolute Gasteiger partial charge is 0.390 e. The average Bonchev–Trinajstić information content (AvgIpc) is 2.38. The van der Waals surface area contributed by atoms with Crippen molar-refractivity contribution in [3.63, 3.8) is 0 Å². The Bertz CT molecular complexity index is 267. The first-order chi connectivity index (χ1) is 7.19. The van der Waals surface area contributed by atoms with Crippen molar-refractivity contribution >= 4 is 0 Å². The molecule has 0 unspecified atom stereocenters. The molecule has 16 heavy (non-hydrogen) atoms. The van der Waals surface area contributed by atoms with E-state index in [1.54, 1.807) is 0 Å². The van der Waals surface area contributed by atoms with Crippen molar-refractivity contribution in [3.05, 3.63) is 0 Å². The zero-order valence-electron chi connectivity index (χ0n) is 11.0. The molecule has 0 spiro atoms. The summed E-state index contributed by atoms with van der Waals surface area (Å²) >= 11 is 0. The van der Waals surface area contributed by atoms with E-state index in [0.29, 0.717) is 5.92 Å². The fraction of sp³-hybridized carbons (Fsp3) is 1.00. The van der Waals surface area contributed by atoms with E-state index < -0.39 is 5.79 Å². The van der Waals surface area contributed by atoms with Gasteiger partial charge in [-0.1, -0.05) is 20.8 Å². The molecule has 0 bridgehead atoms. The Kier molecular flexibility index (Phi) is 2.84. The normalized spacial score (nSPS) is 43.1. The molecule has 1 N–H and O–H groups in total. The van der Waals surface area contributed by atoms with Gasteiger partial charge in [0, 0.05) is 0 Å². The molecular formula is C13H24O3. The van der Waals surface area contributed by atoms with Crippen LogP contribution in [0.25, 0.3) is 0 Å². The molecule has 1 aliphatic carbocycles. The van der Waals surface area contributed by atoms with E-state index in [2.05, 4.69) is 20.8 Å². The molecule has 4 atom stereocenters. The molecule has 1 saturated carbocycles. The molecular weight excluding hydrogens is 204 g/mol. The van der Waals surface area contributed by atoms with Crippen molar-refractivity contribution in [2.24, 2.45) is 11.3 Å². The van der Waals surface area contributed by atoms with Crippen LogP contribution in [0.5, 0.6) is 0 Å². The molecule has 0 aromatic rings. The average molecular weight is 228 g/mol. The summed E-state index contributed by atoms with van der Waals surface area (Å²) in [5.74, 6) is -0.0374. The standard InChI is InChI=1S/C13H24O3/c1-12(2,3)8-6-9(14)11-10(7-8)15-13(4,5)16-11/h8-11,14H,6-7H2,1-5H3/t8-,9+,10-,11+/m1/s1. The van der Waals surface area contributed by atoms with Crippen LogP contribution in [0.2, 0.25) is 0 Å². The van der Waals surface area contributed by atoms with Crippen molar-refractivity contribution in [2.45, 2.75) is 71.6 Å². The van der Waals surface area contributed by atoms with Gasteiger partial charge in [0.1, 0.15) is 6.10 Å². The van der Waals surface area contributed by atoms with E-state index in [1.165, 1.54) is 0 Å². The minimum Gasteiger partial charge on any atom is -0.390 e. The van der Waals surface area contributed by atoms with Crippen LogP contribution in [0.15, 0.2) is 0 Å². The predicted molar refractivity (Wildman–Crippen MR) is 62.0 cm³/mol. The predicted octanol–water partition coefficient (Wildman–Crippen LogP) is 2.32. The number of fused-ring (bicyclic) bond motifs is 1. The van der Waals surface area contributed by atoms with Crippen LogP contribution in [0.1, 0.15) is 47.5 Å². The number of ether oxygens (including phenoxy) is 2. The summed E-state index contributed by atoms with van der Waals surface area (Å²) in [4.78, 5) is 0. The lowest BCUT2D eigenvalue weighted by molar-refractivity contribution is -0.153. The first-order valence-corrected chi connectivity index (χ1v) is 6.23. The molecule has 0 aromatic carbocycles. The highest BCUT2D eigenvalue weighted by Crippen LogP contribution is 2.44. The summed E-state index contributed by atoms with van der Waals surface area (Å²) in [5.41, 5.74) is 0.224. The second-order valence-corrected chi connectivity index (χ2v) is 6.74. The van der Waals surface area contributed by atoms with Crippen LogP contribution in [0.3, 0.4) is 0 Å². The molecule has 2 rings (SSSR count). The maximum Gasteiger partial charge on any atom is 0.163 e. The second-order valence-electron chi connectivity index (χ2n) is 6.74. The Morgan fingerprint density at radius 1 is 1.12 bits per heavy atom. The van der Waals surface area contributed by atoms with E-state index in [1.807, 2.05) is 13.8 Å². The highest BCUT2D eigenvalue weighted by atomic mass is 16.8. The Labute approximate surface area is 98.1 Å². The molecule has 3 heteroatoms. The third-order valence-corrected chi connectivity index (χ3v) is 3.87. The Morgan fingerprint density at radius 2 is 1.75 bits per heavy atom. The van der Waals surface area contributed by atoms with Crippen molar-refractivity contribution in [1.29, 1.82) is 0 Å². The van der Waals surface area contributed by atoms with Crippen molar-refractivity contribution < 1.29 is 14.6 Å². The van der Waals surface area contributed by atoms with E-state index >= 15 is 0 Å². The lowest BCUT2D eigenvalue weighted by Crippen LogP contribution is -2.45. The van der Waals surface area contributed by atoms with E-state index in [0.717, 1.165) is 12.8 Å². The summed E-state index contributed by atoms with van der Waals surface area (Å²) in [7, 11) is 0. The van der Waals surface area contributed by atoms with Crippen LogP contribution in [-0.4, -0.2) is 29.2 Å². The highest BCUT2D eigenvalue weighted by Gasteiger charge is 2.50. The summed E-state index contributed by atoms with van der Waals surface area (Å²) in [6.07, 6.45) is 1.36. The first kappa shape index (κ1) is 12.3. The van der Waals surface area contributed by atoms with Crippen LogP contribution >= 0.6 is 0 Å². The zero-order chi connectivity index (χ0) is 12.1. The molecule has 1 aliphatic heterocycles. The van der Waals surface area contributed by atoms with Crippen LogP contribution < -0.4 is 0 Å². The molecule has 3 nitrogen and oxygen atoms in total. The monoisotopic (exact) mass is 228 g/mol. The number of hydrogen-bond donors (Lipinski definition) is 1.